The first-order valence-electron chi connectivity index (χ1n) is 7.91. The van der Waals surface area contributed by atoms with Gasteiger partial charge in [0.05, 0.1) is 7.11 Å². The van der Waals surface area contributed by atoms with Crippen LogP contribution in [0, 0.1) is 11.3 Å². The van der Waals surface area contributed by atoms with Crippen LogP contribution in [0.25, 0.3) is 6.08 Å². The van der Waals surface area contributed by atoms with Crippen molar-refractivity contribution < 1.29 is 14.6 Å². The lowest BCUT2D eigenvalue weighted by Gasteiger charge is -2.18. The summed E-state index contributed by atoms with van der Waals surface area (Å²) in [4.78, 5) is 12.6. The van der Waals surface area contributed by atoms with Gasteiger partial charge in [0, 0.05) is 11.1 Å². The van der Waals surface area contributed by atoms with Crippen LogP contribution in [0.3, 0.4) is 0 Å². The van der Waals surface area contributed by atoms with Gasteiger partial charge in [-0.05, 0) is 23.1 Å². The van der Waals surface area contributed by atoms with E-state index in [1.165, 1.54) is 13.2 Å². The van der Waals surface area contributed by atoms with Crippen molar-refractivity contribution in [2.75, 3.05) is 7.11 Å². The number of nitrogens with zero attached hydrogens (tertiary/aromatic N) is 1. The number of phenols is 1. The Balaban J connectivity index is 2.38. The van der Waals surface area contributed by atoms with Gasteiger partial charge in [0.1, 0.15) is 11.6 Å². The molecule has 0 fully saturated rings. The van der Waals surface area contributed by atoms with Crippen molar-refractivity contribution in [3.8, 4) is 17.6 Å². The Labute approximate surface area is 148 Å². The maximum absolute atomic E-state index is 12.6. The number of carbonyl (C=O) groups is 1. The number of phenolic OH excluding ortho intramolecular Hbond substituents is 1. The molecule has 4 heteroatoms. The Morgan fingerprint density at radius 3 is 2.32 bits per heavy atom. The molecule has 2 rings (SSSR count). The lowest BCUT2D eigenvalue weighted by Crippen LogP contribution is -2.11. The number of para-hydroxylation sites is 1. The van der Waals surface area contributed by atoms with E-state index in [2.05, 4.69) is 20.8 Å². The van der Waals surface area contributed by atoms with Gasteiger partial charge in [0.15, 0.2) is 11.5 Å². The fourth-order valence-corrected chi connectivity index (χ4v) is 2.40. The number of nitriles is 1. The van der Waals surface area contributed by atoms with Crippen LogP contribution in [0.5, 0.6) is 11.5 Å². The molecule has 2 aromatic carbocycles. The highest BCUT2D eigenvalue weighted by Crippen LogP contribution is 2.31. The van der Waals surface area contributed by atoms with Crippen LogP contribution in [0.15, 0.2) is 48.0 Å². The fourth-order valence-electron chi connectivity index (χ4n) is 2.40. The van der Waals surface area contributed by atoms with E-state index in [-0.39, 0.29) is 28.3 Å². The third-order valence-electron chi connectivity index (χ3n) is 3.93. The average molecular weight is 335 g/mol. The van der Waals surface area contributed by atoms with E-state index < -0.39 is 0 Å². The molecular weight excluding hydrogens is 314 g/mol. The Morgan fingerprint density at radius 2 is 1.80 bits per heavy atom. The minimum absolute atomic E-state index is 0.0120. The molecule has 0 saturated carbocycles. The van der Waals surface area contributed by atoms with E-state index in [0.29, 0.717) is 11.1 Å². The molecule has 0 unspecified atom stereocenters. The van der Waals surface area contributed by atoms with Gasteiger partial charge < -0.3 is 9.84 Å². The molecular formula is C21H21NO3. The third-order valence-corrected chi connectivity index (χ3v) is 3.93. The fraction of sp³-hybridized carbons (Fsp3) is 0.238. The molecule has 0 aliphatic rings. The van der Waals surface area contributed by atoms with E-state index in [0.717, 1.165) is 5.56 Å². The van der Waals surface area contributed by atoms with Crippen LogP contribution in [0.1, 0.15) is 42.3 Å². The summed E-state index contributed by atoms with van der Waals surface area (Å²) in [5.74, 6) is -0.202. The first-order chi connectivity index (χ1) is 11.8. The molecule has 25 heavy (non-hydrogen) atoms. The predicted molar refractivity (Wildman–Crippen MR) is 97.7 cm³/mol. The first-order valence-corrected chi connectivity index (χ1v) is 7.91. The Morgan fingerprint density at radius 1 is 1.16 bits per heavy atom. The summed E-state index contributed by atoms with van der Waals surface area (Å²) in [6, 6.07) is 14.1. The second kappa shape index (κ2) is 7.23. The van der Waals surface area contributed by atoms with Crippen LogP contribution in [-0.2, 0) is 5.41 Å². The normalized spacial score (nSPS) is 11.7. The number of benzene rings is 2. The van der Waals surface area contributed by atoms with E-state index in [1.807, 2.05) is 18.2 Å². The molecule has 0 aliphatic heterocycles. The summed E-state index contributed by atoms with van der Waals surface area (Å²) in [5.41, 5.74) is 1.84. The van der Waals surface area contributed by atoms with Gasteiger partial charge in [-0.2, -0.15) is 5.26 Å². The lowest BCUT2D eigenvalue weighted by atomic mass is 9.86. The molecule has 2 aromatic rings. The van der Waals surface area contributed by atoms with Crippen LogP contribution in [-0.4, -0.2) is 18.0 Å². The quantitative estimate of drug-likeness (QED) is 0.508. The van der Waals surface area contributed by atoms with Crippen molar-refractivity contribution in [2.45, 2.75) is 26.2 Å². The minimum atomic E-state index is -0.384. The molecule has 0 aromatic heterocycles. The molecule has 1 N–H and O–H groups in total. The Kier molecular flexibility index (Phi) is 5.29. The van der Waals surface area contributed by atoms with Crippen LogP contribution in [0.4, 0.5) is 0 Å². The van der Waals surface area contributed by atoms with Gasteiger partial charge in [-0.1, -0.05) is 57.2 Å². The second-order valence-electron chi connectivity index (χ2n) is 6.72. The number of hydrogen-bond acceptors (Lipinski definition) is 4. The highest BCUT2D eigenvalue weighted by molar-refractivity contribution is 6.14. The minimum Gasteiger partial charge on any atom is -0.504 e. The number of ketones is 1. The van der Waals surface area contributed by atoms with Gasteiger partial charge >= 0.3 is 0 Å². The molecule has 0 radical (unpaired) electrons. The maximum atomic E-state index is 12.6. The van der Waals surface area contributed by atoms with E-state index >= 15 is 0 Å². The molecule has 0 atom stereocenters. The summed E-state index contributed by atoms with van der Waals surface area (Å²) >= 11 is 0. The van der Waals surface area contributed by atoms with Crippen LogP contribution < -0.4 is 4.74 Å². The number of Topliss-reactive ketones (excluding diaryl/α,β-unsaturated/α-hetero) is 1. The molecule has 0 amide bonds. The average Bonchev–Trinajstić information content (AvgIpc) is 2.59. The van der Waals surface area contributed by atoms with E-state index in [9.17, 15) is 15.2 Å². The number of carbonyl (C=O) groups excluding carboxylic acids is 1. The van der Waals surface area contributed by atoms with Crippen molar-refractivity contribution in [2.24, 2.45) is 0 Å². The zero-order chi connectivity index (χ0) is 18.6. The van der Waals surface area contributed by atoms with Crippen molar-refractivity contribution in [3.05, 3.63) is 64.7 Å². The lowest BCUT2D eigenvalue weighted by molar-refractivity contribution is 0.104. The van der Waals surface area contributed by atoms with Crippen LogP contribution >= 0.6 is 0 Å². The third kappa shape index (κ3) is 4.07. The Hall–Kier alpha value is -3.06. The Bertz CT molecular complexity index is 850. The van der Waals surface area contributed by atoms with Crippen molar-refractivity contribution in [3.63, 3.8) is 0 Å². The number of ether oxygens (including phenoxy) is 1. The summed E-state index contributed by atoms with van der Waals surface area (Å²) in [5, 5.41) is 19.5. The smallest absolute Gasteiger partial charge is 0.203 e. The van der Waals surface area contributed by atoms with Gasteiger partial charge in [-0.15, -0.1) is 0 Å². The molecule has 0 spiro atoms. The number of allylic oxidation sites excluding steroid dienone is 1. The van der Waals surface area contributed by atoms with Crippen molar-refractivity contribution in [1.29, 1.82) is 5.26 Å². The number of methoxy groups -OCH3 is 1. The molecule has 0 aliphatic carbocycles. The van der Waals surface area contributed by atoms with Gasteiger partial charge in [0.25, 0.3) is 0 Å². The first kappa shape index (κ1) is 18.3. The number of rotatable bonds is 4. The second-order valence-corrected chi connectivity index (χ2v) is 6.72. The van der Waals surface area contributed by atoms with E-state index in [1.54, 1.807) is 30.3 Å². The topological polar surface area (TPSA) is 70.3 Å². The van der Waals surface area contributed by atoms with Gasteiger partial charge in [0.2, 0.25) is 5.78 Å². The maximum Gasteiger partial charge on any atom is 0.203 e. The zero-order valence-electron chi connectivity index (χ0n) is 14.8. The highest BCUT2D eigenvalue weighted by Gasteiger charge is 2.17. The number of hydrogen-bond donors (Lipinski definition) is 1. The van der Waals surface area contributed by atoms with Crippen molar-refractivity contribution >= 4 is 11.9 Å². The standard InChI is InChI=1S/C21H21NO3/c1-21(2,3)17-10-8-14(9-11-17)19(23)16(13-22)12-15-6-5-7-18(25-4)20(15)24/h5-12,24H,1-4H3. The predicted octanol–water partition coefficient (Wildman–Crippen LogP) is 4.49. The molecule has 4 nitrogen and oxygen atoms in total. The zero-order valence-corrected chi connectivity index (χ0v) is 14.8. The van der Waals surface area contributed by atoms with Gasteiger partial charge in [-0.25, -0.2) is 0 Å². The highest BCUT2D eigenvalue weighted by atomic mass is 16.5. The SMILES string of the molecule is COc1cccc(C=C(C#N)C(=O)c2ccc(C(C)(C)C)cc2)c1O. The van der Waals surface area contributed by atoms with Crippen LogP contribution in [0.2, 0.25) is 0 Å². The molecule has 0 heterocycles. The van der Waals surface area contributed by atoms with E-state index in [4.69, 9.17) is 4.74 Å². The van der Waals surface area contributed by atoms with Gasteiger partial charge in [-0.3, -0.25) is 4.79 Å². The van der Waals surface area contributed by atoms with Crippen molar-refractivity contribution in [1.82, 2.24) is 0 Å². The summed E-state index contributed by atoms with van der Waals surface area (Å²) in [6.45, 7) is 6.28. The summed E-state index contributed by atoms with van der Waals surface area (Å²) in [7, 11) is 1.44. The summed E-state index contributed by atoms with van der Waals surface area (Å²) in [6.07, 6.45) is 1.37. The largest absolute Gasteiger partial charge is 0.504 e. The monoisotopic (exact) mass is 335 g/mol. The molecule has 0 bridgehead atoms. The molecule has 128 valence electrons. The summed E-state index contributed by atoms with van der Waals surface area (Å²) < 4.78 is 5.04. The molecule has 0 saturated heterocycles. The number of aromatic hydroxyl groups is 1.